The second-order valence-electron chi connectivity index (χ2n) is 18.7. The number of benzene rings is 2. The van der Waals surface area contributed by atoms with Crippen molar-refractivity contribution in [2.24, 2.45) is 5.92 Å². The summed E-state index contributed by atoms with van der Waals surface area (Å²) in [5.41, 5.74) is 4.21. The maximum atomic E-state index is 16.8. The number of likely N-dealkylation sites (tertiary alicyclic amines) is 1. The third-order valence-corrected chi connectivity index (χ3v) is 14.0. The van der Waals surface area contributed by atoms with Crippen molar-refractivity contribution in [3.8, 4) is 39.5 Å². The fourth-order valence-corrected chi connectivity index (χ4v) is 10.7. The van der Waals surface area contributed by atoms with Gasteiger partial charge in [0.1, 0.15) is 34.9 Å². The van der Waals surface area contributed by atoms with Gasteiger partial charge < -0.3 is 34.4 Å². The molecule has 0 radical (unpaired) electrons. The number of H-pyrrole nitrogens is 2. The van der Waals surface area contributed by atoms with E-state index in [4.69, 9.17) is 19.2 Å². The summed E-state index contributed by atoms with van der Waals surface area (Å²) in [6.45, 7) is 12.3. The van der Waals surface area contributed by atoms with Crippen LogP contribution >= 0.6 is 11.3 Å². The number of thiophene rings is 1. The fourth-order valence-electron chi connectivity index (χ4n) is 9.47. The lowest BCUT2D eigenvalue weighted by Crippen LogP contribution is -2.51. The lowest BCUT2D eigenvalue weighted by atomic mass is 10.0. The number of carbonyl (C=O) groups is 3. The average Bonchev–Trinajstić information content (AvgIpc) is 4.13. The number of aromatic nitrogens is 5. The number of nitrogens with zero attached hydrogens (tertiary/aromatic N) is 5. The normalized spacial score (nSPS) is 17.8. The predicted molar refractivity (Wildman–Crippen MR) is 247 cm³/mol. The van der Waals surface area contributed by atoms with Crippen molar-refractivity contribution >= 4 is 40.3 Å². The van der Waals surface area contributed by atoms with Crippen LogP contribution in [0.5, 0.6) is 5.75 Å². The molecular formula is C49H57FN8O6S. The fraction of sp³-hybridized carbons (Fsp3) is 0.449. The first-order chi connectivity index (χ1) is 31.2. The second-order valence-corrected chi connectivity index (χ2v) is 19.8. The van der Waals surface area contributed by atoms with E-state index in [1.54, 1.807) is 33.5 Å². The van der Waals surface area contributed by atoms with E-state index in [1.807, 2.05) is 59.7 Å². The molecule has 2 fully saturated rings. The Balaban J connectivity index is 1.04. The molecule has 4 aromatic heterocycles. The zero-order valence-corrected chi connectivity index (χ0v) is 38.8. The van der Waals surface area contributed by atoms with Crippen molar-refractivity contribution < 1.29 is 33.0 Å². The van der Waals surface area contributed by atoms with Crippen LogP contribution in [0.25, 0.3) is 44.7 Å². The van der Waals surface area contributed by atoms with Crippen molar-refractivity contribution in [1.82, 2.24) is 39.6 Å². The molecule has 65 heavy (non-hydrogen) atoms. The van der Waals surface area contributed by atoms with E-state index in [0.717, 1.165) is 39.9 Å². The van der Waals surface area contributed by atoms with Gasteiger partial charge in [-0.25, -0.2) is 23.9 Å². The van der Waals surface area contributed by atoms with E-state index < -0.39 is 29.8 Å². The predicted octanol–water partition coefficient (Wildman–Crippen LogP) is 10.7. The van der Waals surface area contributed by atoms with E-state index in [9.17, 15) is 14.4 Å². The molecule has 2 aromatic carbocycles. The molecule has 1 saturated carbocycles. The molecule has 6 aromatic rings. The van der Waals surface area contributed by atoms with Crippen LogP contribution < -0.4 is 10.1 Å². The van der Waals surface area contributed by atoms with Gasteiger partial charge in [0.2, 0.25) is 12.1 Å². The number of hydrogen-bond acceptors (Lipinski definition) is 9. The van der Waals surface area contributed by atoms with Crippen molar-refractivity contribution in [2.75, 3.05) is 20.2 Å². The summed E-state index contributed by atoms with van der Waals surface area (Å²) in [5.74, 6) is 1.28. The van der Waals surface area contributed by atoms with Gasteiger partial charge in [-0.3, -0.25) is 14.3 Å². The highest BCUT2D eigenvalue weighted by Gasteiger charge is 2.37. The van der Waals surface area contributed by atoms with E-state index in [0.29, 0.717) is 58.9 Å². The molecular weight excluding hydrogens is 848 g/mol. The van der Waals surface area contributed by atoms with Crippen LogP contribution in [-0.2, 0) is 20.8 Å². The lowest BCUT2D eigenvalue weighted by Gasteiger charge is -2.30. The van der Waals surface area contributed by atoms with Gasteiger partial charge in [0.05, 0.1) is 65.1 Å². The van der Waals surface area contributed by atoms with Crippen molar-refractivity contribution in [2.45, 2.75) is 116 Å². The van der Waals surface area contributed by atoms with Crippen LogP contribution in [0.2, 0.25) is 0 Å². The van der Waals surface area contributed by atoms with Gasteiger partial charge in [0.25, 0.3) is 0 Å². The number of hydrogen-bond donors (Lipinski definition) is 3. The second kappa shape index (κ2) is 17.7. The molecule has 0 spiro atoms. The van der Waals surface area contributed by atoms with Crippen molar-refractivity contribution in [3.63, 3.8) is 0 Å². The molecule has 342 valence electrons. The van der Waals surface area contributed by atoms with Gasteiger partial charge in [-0.05, 0) is 108 Å². The van der Waals surface area contributed by atoms with Crippen molar-refractivity contribution in [3.05, 3.63) is 88.1 Å². The first-order valence-corrected chi connectivity index (χ1v) is 23.5. The standard InChI is InChI=1S/C49H57FN8O6S/c1-8-56(45(59)43(27(2)3)55-47(60)62-7)26-41-51-24-34(53-41)30-21-32(50)42-37-22-31-20-29(33-25-52-44(54-33)36-14-11-19-57(36)48(61)64-49(4,5)6)15-16-35(31)58(37)46(63-38(42)23-30)40-18-17-39(65-40)28-12-9-10-13-28/h15-18,20-25,27-28,36,43,46H,8-14,19,26H2,1-7H3,(H,51,53)(H,52,54)(H,55,60)/t36-,43-,46?/m0/s1. The molecule has 14 nitrogen and oxygen atoms in total. The Morgan fingerprint density at radius 1 is 0.969 bits per heavy atom. The molecule has 1 saturated heterocycles. The van der Waals surface area contributed by atoms with E-state index in [2.05, 4.69) is 49.1 Å². The number of imidazole rings is 2. The SMILES string of the molecule is CCN(Cc1ncc(-c2cc(F)c3c(c2)OC(c2ccc(C4CCCC4)s2)n2c-3cc3cc(-c4cnc([C@@H]5CCCN5C(=O)OC(C)(C)C)[nH]4)ccc32)[nH]1)C(=O)[C@@H](NC(=O)OC)C(C)C. The van der Waals surface area contributed by atoms with Crippen molar-refractivity contribution in [1.29, 1.82) is 0 Å². The molecule has 3 amide bonds. The summed E-state index contributed by atoms with van der Waals surface area (Å²) < 4.78 is 36.3. The summed E-state index contributed by atoms with van der Waals surface area (Å²) in [5, 5.41) is 3.57. The van der Waals surface area contributed by atoms with Gasteiger partial charge in [-0.1, -0.05) is 32.8 Å². The summed E-state index contributed by atoms with van der Waals surface area (Å²) in [4.78, 5) is 60.6. The van der Waals surface area contributed by atoms with Crippen LogP contribution in [0.3, 0.4) is 0 Å². The average molecular weight is 905 g/mol. The molecule has 3 aliphatic rings. The minimum atomic E-state index is -0.782. The van der Waals surface area contributed by atoms with Crippen LogP contribution in [0.1, 0.15) is 120 Å². The van der Waals surface area contributed by atoms with Gasteiger partial charge in [0.15, 0.2) is 0 Å². The molecule has 6 heterocycles. The Morgan fingerprint density at radius 2 is 1.72 bits per heavy atom. The Morgan fingerprint density at radius 3 is 2.46 bits per heavy atom. The highest BCUT2D eigenvalue weighted by molar-refractivity contribution is 7.12. The first kappa shape index (κ1) is 44.1. The number of ether oxygens (including phenoxy) is 3. The number of halogens is 1. The lowest BCUT2D eigenvalue weighted by molar-refractivity contribution is -0.135. The minimum absolute atomic E-state index is 0.155. The van der Waals surface area contributed by atoms with E-state index >= 15 is 4.39 Å². The third kappa shape index (κ3) is 8.72. The maximum Gasteiger partial charge on any atom is 0.410 e. The molecule has 16 heteroatoms. The number of aromatic amines is 2. The van der Waals surface area contributed by atoms with Crippen LogP contribution in [0.15, 0.2) is 60.9 Å². The maximum absolute atomic E-state index is 16.8. The monoisotopic (exact) mass is 904 g/mol. The zero-order valence-electron chi connectivity index (χ0n) is 38.0. The smallest absolute Gasteiger partial charge is 0.410 e. The first-order valence-electron chi connectivity index (χ1n) is 22.7. The molecule has 1 unspecified atom stereocenters. The minimum Gasteiger partial charge on any atom is -0.464 e. The zero-order chi connectivity index (χ0) is 45.7. The van der Waals surface area contributed by atoms with E-state index in [-0.39, 0.29) is 30.5 Å². The van der Waals surface area contributed by atoms with Crippen LogP contribution in [0.4, 0.5) is 14.0 Å². The van der Waals surface area contributed by atoms with Crippen LogP contribution in [0, 0.1) is 11.7 Å². The molecule has 3 N–H and O–H groups in total. The van der Waals surface area contributed by atoms with Gasteiger partial charge >= 0.3 is 12.2 Å². The number of carbonyl (C=O) groups excluding carboxylic acids is 3. The number of alkyl carbamates (subject to hydrolysis) is 1. The van der Waals surface area contributed by atoms with Gasteiger partial charge in [0, 0.05) is 34.5 Å². The largest absolute Gasteiger partial charge is 0.464 e. The summed E-state index contributed by atoms with van der Waals surface area (Å²) in [7, 11) is 1.26. The number of rotatable bonds is 11. The quantitative estimate of drug-likeness (QED) is 0.116. The number of nitrogens with one attached hydrogen (secondary N) is 3. The number of likely N-dealkylation sites (N-methyl/N-ethyl adjacent to an activating group) is 1. The third-order valence-electron chi connectivity index (χ3n) is 12.7. The summed E-state index contributed by atoms with van der Waals surface area (Å²) >= 11 is 1.76. The molecule has 1 aliphatic carbocycles. The molecule has 2 aliphatic heterocycles. The Hall–Kier alpha value is -6.16. The van der Waals surface area contributed by atoms with E-state index in [1.165, 1.54) is 43.7 Å². The number of amides is 3. The Bertz CT molecular complexity index is 2740. The highest BCUT2D eigenvalue weighted by atomic mass is 32.1. The summed E-state index contributed by atoms with van der Waals surface area (Å²) in [6, 6.07) is 14.9. The Labute approximate surface area is 381 Å². The highest BCUT2D eigenvalue weighted by Crippen LogP contribution is 2.49. The summed E-state index contributed by atoms with van der Waals surface area (Å²) in [6.07, 6.45) is 8.33. The van der Waals surface area contributed by atoms with Crippen LogP contribution in [-0.4, -0.2) is 84.2 Å². The molecule has 0 bridgehead atoms. The number of fused-ring (bicyclic) bond motifs is 5. The van der Waals surface area contributed by atoms with Gasteiger partial charge in [-0.2, -0.15) is 0 Å². The van der Waals surface area contributed by atoms with Gasteiger partial charge in [-0.15, -0.1) is 11.3 Å². The Kier molecular flexibility index (Phi) is 12.0. The molecule has 3 atom stereocenters. The topological polar surface area (TPSA) is 160 Å². The molecule has 9 rings (SSSR count). The number of methoxy groups -OCH3 is 1.